The molecule has 0 saturated carbocycles. The first kappa shape index (κ1) is 18.0. The number of hydrogen-bond donors (Lipinski definition) is 2. The summed E-state index contributed by atoms with van der Waals surface area (Å²) in [5.74, 6) is 0.752. The highest BCUT2D eigenvalue weighted by Gasteiger charge is 2.29. The first-order valence-corrected chi connectivity index (χ1v) is 7.40. The summed E-state index contributed by atoms with van der Waals surface area (Å²) in [5.41, 5.74) is 3.49. The molecule has 0 bridgehead atoms. The third-order valence-electron chi connectivity index (χ3n) is 4.49. The summed E-state index contributed by atoms with van der Waals surface area (Å²) < 4.78 is 1.90. The van der Waals surface area contributed by atoms with Crippen molar-refractivity contribution < 1.29 is 4.79 Å². The Hall–Kier alpha value is -1.07. The molecule has 2 atom stereocenters. The molecule has 6 heteroatoms. The fourth-order valence-corrected chi connectivity index (χ4v) is 2.72. The second-order valence-corrected chi connectivity index (χ2v) is 6.09. The second kappa shape index (κ2) is 7.27. The van der Waals surface area contributed by atoms with Crippen LogP contribution in [0.3, 0.4) is 0 Å². The average Bonchev–Trinajstić information content (AvgIpc) is 2.53. The van der Waals surface area contributed by atoms with Crippen molar-refractivity contribution in [2.24, 2.45) is 18.9 Å². The number of aromatic nitrogens is 2. The molecule has 1 aliphatic heterocycles. The van der Waals surface area contributed by atoms with Crippen molar-refractivity contribution in [1.82, 2.24) is 20.4 Å². The summed E-state index contributed by atoms with van der Waals surface area (Å²) in [7, 11) is 1.96. The molecule has 0 spiro atoms. The van der Waals surface area contributed by atoms with Gasteiger partial charge in [-0.25, -0.2) is 0 Å². The Morgan fingerprint density at radius 1 is 1.43 bits per heavy atom. The van der Waals surface area contributed by atoms with E-state index in [1.165, 1.54) is 11.3 Å². The van der Waals surface area contributed by atoms with Gasteiger partial charge in [-0.15, -0.1) is 12.4 Å². The van der Waals surface area contributed by atoms with Gasteiger partial charge in [0.2, 0.25) is 5.91 Å². The minimum Gasteiger partial charge on any atom is -0.353 e. The van der Waals surface area contributed by atoms with Gasteiger partial charge in [-0.05, 0) is 51.8 Å². The van der Waals surface area contributed by atoms with Gasteiger partial charge in [-0.1, -0.05) is 6.92 Å². The third-order valence-corrected chi connectivity index (χ3v) is 4.49. The molecule has 2 rings (SSSR count). The zero-order chi connectivity index (χ0) is 14.9. The van der Waals surface area contributed by atoms with Crippen molar-refractivity contribution in [1.29, 1.82) is 0 Å². The van der Waals surface area contributed by atoms with E-state index in [1.54, 1.807) is 0 Å². The van der Waals surface area contributed by atoms with Crippen LogP contribution in [0.4, 0.5) is 0 Å². The lowest BCUT2D eigenvalue weighted by Gasteiger charge is -2.32. The summed E-state index contributed by atoms with van der Waals surface area (Å²) in [6.07, 6.45) is 0.840. The third kappa shape index (κ3) is 3.98. The molecule has 1 aromatic heterocycles. The summed E-state index contributed by atoms with van der Waals surface area (Å²) >= 11 is 0. The minimum absolute atomic E-state index is 0. The van der Waals surface area contributed by atoms with Crippen molar-refractivity contribution in [2.45, 2.75) is 40.2 Å². The molecule has 2 heterocycles. The van der Waals surface area contributed by atoms with Crippen LogP contribution >= 0.6 is 12.4 Å². The van der Waals surface area contributed by atoms with Crippen LogP contribution in [0, 0.1) is 25.7 Å². The first-order chi connectivity index (χ1) is 9.40. The van der Waals surface area contributed by atoms with Gasteiger partial charge in [0, 0.05) is 24.7 Å². The highest BCUT2D eigenvalue weighted by Crippen LogP contribution is 2.17. The zero-order valence-corrected chi connectivity index (χ0v) is 14.4. The van der Waals surface area contributed by atoms with Crippen molar-refractivity contribution in [3.63, 3.8) is 0 Å². The van der Waals surface area contributed by atoms with E-state index < -0.39 is 0 Å². The van der Waals surface area contributed by atoms with Crippen LogP contribution in [0.15, 0.2) is 0 Å². The van der Waals surface area contributed by atoms with Crippen LogP contribution < -0.4 is 10.6 Å². The van der Waals surface area contributed by atoms with Crippen LogP contribution in [0.2, 0.25) is 0 Å². The fraction of sp³-hybridized carbons (Fsp3) is 0.733. The molecule has 0 aromatic carbocycles. The summed E-state index contributed by atoms with van der Waals surface area (Å²) in [6, 6.07) is 0.139. The van der Waals surface area contributed by atoms with Gasteiger partial charge in [0.25, 0.3) is 0 Å². The topological polar surface area (TPSA) is 59.0 Å². The van der Waals surface area contributed by atoms with Gasteiger partial charge < -0.3 is 10.6 Å². The maximum atomic E-state index is 12.2. The number of carbonyl (C=O) groups excluding carboxylic acids is 1. The van der Waals surface area contributed by atoms with Gasteiger partial charge >= 0.3 is 0 Å². The quantitative estimate of drug-likeness (QED) is 0.863. The molecule has 2 unspecified atom stereocenters. The van der Waals surface area contributed by atoms with Crippen LogP contribution in [-0.2, 0) is 18.3 Å². The molecule has 21 heavy (non-hydrogen) atoms. The second-order valence-electron chi connectivity index (χ2n) is 6.09. The van der Waals surface area contributed by atoms with Crippen molar-refractivity contribution in [2.75, 3.05) is 13.1 Å². The monoisotopic (exact) mass is 314 g/mol. The van der Waals surface area contributed by atoms with Gasteiger partial charge in [-0.2, -0.15) is 5.10 Å². The molecule has 1 amide bonds. The minimum atomic E-state index is 0. The SMILES string of the molecule is Cc1nn(C)c(C)c1CC(C)NC(=O)C(C)C1CNC1.Cl. The Kier molecular flexibility index (Phi) is 6.23. The van der Waals surface area contributed by atoms with E-state index in [2.05, 4.69) is 29.6 Å². The molecule has 5 nitrogen and oxygen atoms in total. The number of amides is 1. The number of aryl methyl sites for hydroxylation is 2. The maximum Gasteiger partial charge on any atom is 0.223 e. The van der Waals surface area contributed by atoms with Crippen molar-refractivity contribution >= 4 is 18.3 Å². The number of rotatable bonds is 5. The smallest absolute Gasteiger partial charge is 0.223 e. The van der Waals surface area contributed by atoms with Gasteiger partial charge in [0.15, 0.2) is 0 Å². The molecule has 2 N–H and O–H groups in total. The van der Waals surface area contributed by atoms with E-state index in [0.717, 1.165) is 25.2 Å². The van der Waals surface area contributed by atoms with Gasteiger partial charge in [0.05, 0.1) is 5.69 Å². The molecule has 1 fully saturated rings. The molecule has 1 aliphatic rings. The van der Waals surface area contributed by atoms with Crippen LogP contribution in [0.25, 0.3) is 0 Å². The Morgan fingerprint density at radius 2 is 2.05 bits per heavy atom. The number of halogens is 1. The normalized spacial score (nSPS) is 17.6. The Morgan fingerprint density at radius 3 is 2.48 bits per heavy atom. The number of nitrogens with one attached hydrogen (secondary N) is 2. The summed E-state index contributed by atoms with van der Waals surface area (Å²) in [6.45, 7) is 10.1. The van der Waals surface area contributed by atoms with Gasteiger partial charge in [0.1, 0.15) is 0 Å². The fourth-order valence-electron chi connectivity index (χ4n) is 2.72. The highest BCUT2D eigenvalue weighted by molar-refractivity contribution is 5.85. The lowest BCUT2D eigenvalue weighted by atomic mass is 9.88. The lowest BCUT2D eigenvalue weighted by Crippen LogP contribution is -2.50. The standard InChI is InChI=1S/C15H26N4O.ClH/c1-9(6-14-11(3)18-19(5)12(14)4)17-15(20)10(2)13-7-16-8-13;/h9-10,13,16H,6-8H2,1-5H3,(H,17,20);1H. The molecular formula is C15H27ClN4O. The van der Waals surface area contributed by atoms with E-state index >= 15 is 0 Å². The Labute approximate surface area is 133 Å². The van der Waals surface area contributed by atoms with E-state index in [-0.39, 0.29) is 30.3 Å². The van der Waals surface area contributed by atoms with Crippen molar-refractivity contribution in [3.8, 4) is 0 Å². The average molecular weight is 315 g/mol. The molecule has 1 aromatic rings. The predicted octanol–water partition coefficient (Wildman–Crippen LogP) is 1.36. The molecule has 1 saturated heterocycles. The zero-order valence-electron chi connectivity index (χ0n) is 13.6. The van der Waals surface area contributed by atoms with Crippen LogP contribution in [-0.4, -0.2) is 34.8 Å². The summed E-state index contributed by atoms with van der Waals surface area (Å²) in [4.78, 5) is 12.2. The molecular weight excluding hydrogens is 288 g/mol. The number of nitrogens with zero attached hydrogens (tertiary/aromatic N) is 2. The van der Waals surface area contributed by atoms with Crippen LogP contribution in [0.1, 0.15) is 30.8 Å². The molecule has 0 aliphatic carbocycles. The predicted molar refractivity (Wildman–Crippen MR) is 86.8 cm³/mol. The Bertz CT molecular complexity index is 496. The lowest BCUT2D eigenvalue weighted by molar-refractivity contribution is -0.127. The highest BCUT2D eigenvalue weighted by atomic mass is 35.5. The maximum absolute atomic E-state index is 12.2. The molecule has 120 valence electrons. The van der Waals surface area contributed by atoms with E-state index in [4.69, 9.17) is 0 Å². The molecule has 0 radical (unpaired) electrons. The van der Waals surface area contributed by atoms with E-state index in [9.17, 15) is 4.79 Å². The van der Waals surface area contributed by atoms with Crippen molar-refractivity contribution in [3.05, 3.63) is 17.0 Å². The largest absolute Gasteiger partial charge is 0.353 e. The number of hydrogen-bond acceptors (Lipinski definition) is 3. The van der Waals surface area contributed by atoms with Gasteiger partial charge in [-0.3, -0.25) is 9.48 Å². The summed E-state index contributed by atoms with van der Waals surface area (Å²) in [5, 5.41) is 10.8. The first-order valence-electron chi connectivity index (χ1n) is 7.40. The van der Waals surface area contributed by atoms with E-state index in [0.29, 0.717) is 5.92 Å². The van der Waals surface area contributed by atoms with E-state index in [1.807, 2.05) is 25.6 Å². The Balaban J connectivity index is 0.00000220. The van der Waals surface area contributed by atoms with Crippen LogP contribution in [0.5, 0.6) is 0 Å². The number of carbonyl (C=O) groups is 1.